The number of likely N-dealkylation sites (tertiary alicyclic amines) is 1. The number of esters is 1. The van der Waals surface area contributed by atoms with E-state index in [4.69, 9.17) is 9.47 Å². The van der Waals surface area contributed by atoms with Gasteiger partial charge >= 0.3 is 5.97 Å². The molecule has 1 saturated carbocycles. The lowest BCUT2D eigenvalue weighted by molar-refractivity contribution is -0.197. The van der Waals surface area contributed by atoms with Gasteiger partial charge in [-0.05, 0) is 68.5 Å². The monoisotopic (exact) mass is 530 g/mol. The molecular weight excluding hydrogens is 492 g/mol. The summed E-state index contributed by atoms with van der Waals surface area (Å²) in [7, 11) is 2.09. The van der Waals surface area contributed by atoms with Crippen LogP contribution in [0.1, 0.15) is 56.7 Å². The predicted octanol–water partition coefficient (Wildman–Crippen LogP) is 3.96. The second kappa shape index (κ2) is 9.49. The van der Waals surface area contributed by atoms with Crippen molar-refractivity contribution < 1.29 is 24.2 Å². The third-order valence-electron chi connectivity index (χ3n) is 9.40. The smallest absolute Gasteiger partial charge is 0.308 e. The van der Waals surface area contributed by atoms with E-state index in [0.717, 1.165) is 23.2 Å². The maximum absolute atomic E-state index is 13.8. The van der Waals surface area contributed by atoms with E-state index in [0.29, 0.717) is 43.7 Å². The fourth-order valence-corrected chi connectivity index (χ4v) is 7.88. The van der Waals surface area contributed by atoms with Crippen LogP contribution in [0, 0.1) is 5.92 Å². The first-order valence-corrected chi connectivity index (χ1v) is 14.1. The van der Waals surface area contributed by atoms with Crippen molar-refractivity contribution in [2.24, 2.45) is 5.92 Å². The standard InChI is InChI=1S/C32H38N2O5/c1-20(2)19-34(27(36)13-10-22-8-6-5-7-9-22)24-14-15-32(37)26-18-23-11-12-25(38-21(3)35)29-28(23)31(32,30(24)39-29)16-17-33(26)4/h5-13,20,24,26,30,37H,14-19H2,1-4H3/t24-,26-,30+,31+,32-/m1/s1. The van der Waals surface area contributed by atoms with Crippen LogP contribution in [0.25, 0.3) is 6.08 Å². The number of hydrogen-bond acceptors (Lipinski definition) is 6. The number of rotatable bonds is 6. The van der Waals surface area contributed by atoms with Crippen LogP contribution >= 0.6 is 0 Å². The Morgan fingerprint density at radius 1 is 1.21 bits per heavy atom. The summed E-state index contributed by atoms with van der Waals surface area (Å²) in [5.41, 5.74) is 1.42. The summed E-state index contributed by atoms with van der Waals surface area (Å²) < 4.78 is 12.4. The molecule has 0 unspecified atom stereocenters. The van der Waals surface area contributed by atoms with Crippen molar-refractivity contribution in [1.82, 2.24) is 9.80 Å². The summed E-state index contributed by atoms with van der Waals surface area (Å²) in [5.74, 6) is 0.755. The summed E-state index contributed by atoms with van der Waals surface area (Å²) >= 11 is 0. The van der Waals surface area contributed by atoms with Gasteiger partial charge in [0.1, 0.15) is 6.10 Å². The van der Waals surface area contributed by atoms with Crippen molar-refractivity contribution in [3.05, 3.63) is 65.2 Å². The van der Waals surface area contributed by atoms with Gasteiger partial charge in [-0.3, -0.25) is 9.59 Å². The lowest BCUT2D eigenvalue weighted by Crippen LogP contribution is -2.78. The molecule has 0 aromatic heterocycles. The van der Waals surface area contributed by atoms with Gasteiger partial charge in [-0.1, -0.05) is 50.2 Å². The van der Waals surface area contributed by atoms with E-state index in [-0.39, 0.29) is 23.9 Å². The third-order valence-corrected chi connectivity index (χ3v) is 9.40. The van der Waals surface area contributed by atoms with Crippen LogP contribution in [0.3, 0.4) is 0 Å². The molecule has 2 aromatic rings. The van der Waals surface area contributed by atoms with Gasteiger partial charge in [-0.15, -0.1) is 0 Å². The van der Waals surface area contributed by atoms with Crippen molar-refractivity contribution in [1.29, 1.82) is 0 Å². The Morgan fingerprint density at radius 2 is 1.97 bits per heavy atom. The molecule has 2 aliphatic carbocycles. The number of aliphatic hydroxyl groups is 1. The van der Waals surface area contributed by atoms with Gasteiger partial charge in [0, 0.05) is 31.1 Å². The van der Waals surface area contributed by atoms with E-state index >= 15 is 0 Å². The molecule has 6 rings (SSSR count). The number of carbonyl (C=O) groups is 2. The van der Waals surface area contributed by atoms with E-state index in [9.17, 15) is 14.7 Å². The summed E-state index contributed by atoms with van der Waals surface area (Å²) in [6, 6.07) is 13.4. The fraction of sp³-hybridized carbons (Fsp3) is 0.500. The van der Waals surface area contributed by atoms with Crippen LogP contribution in [0.15, 0.2) is 48.5 Å². The zero-order valence-corrected chi connectivity index (χ0v) is 23.2. The molecule has 2 bridgehead atoms. The minimum Gasteiger partial charge on any atom is -0.483 e. The van der Waals surface area contributed by atoms with Gasteiger partial charge in [-0.2, -0.15) is 0 Å². The maximum Gasteiger partial charge on any atom is 0.308 e. The van der Waals surface area contributed by atoms with E-state index < -0.39 is 23.1 Å². The molecule has 2 aliphatic heterocycles. The van der Waals surface area contributed by atoms with Crippen molar-refractivity contribution >= 4 is 18.0 Å². The van der Waals surface area contributed by atoms with Crippen molar-refractivity contribution in [3.63, 3.8) is 0 Å². The number of likely N-dealkylation sites (N-methyl/N-ethyl adjacent to an activating group) is 1. The molecule has 39 heavy (non-hydrogen) atoms. The second-order valence-corrected chi connectivity index (χ2v) is 12.1. The highest BCUT2D eigenvalue weighted by Crippen LogP contribution is 2.65. The Labute approximate surface area is 230 Å². The highest BCUT2D eigenvalue weighted by Gasteiger charge is 2.73. The molecule has 2 fully saturated rings. The van der Waals surface area contributed by atoms with Crippen molar-refractivity contribution in [2.75, 3.05) is 20.1 Å². The molecule has 1 spiro atoms. The minimum atomic E-state index is -0.999. The summed E-state index contributed by atoms with van der Waals surface area (Å²) in [4.78, 5) is 30.1. The third kappa shape index (κ3) is 3.93. The fourth-order valence-electron chi connectivity index (χ4n) is 7.88. The van der Waals surface area contributed by atoms with Gasteiger partial charge in [0.15, 0.2) is 11.5 Å². The van der Waals surface area contributed by atoms with Crippen molar-refractivity contribution in [3.8, 4) is 11.5 Å². The second-order valence-electron chi connectivity index (χ2n) is 12.1. The van der Waals surface area contributed by atoms with E-state index in [2.05, 4.69) is 25.8 Å². The quantitative estimate of drug-likeness (QED) is 0.346. The number of nitrogens with zero attached hydrogens (tertiary/aromatic N) is 2. The van der Waals surface area contributed by atoms with Crippen LogP contribution in [0.2, 0.25) is 0 Å². The summed E-state index contributed by atoms with van der Waals surface area (Å²) in [5, 5.41) is 12.6. The Kier molecular flexibility index (Phi) is 6.35. The van der Waals surface area contributed by atoms with Crippen LogP contribution in [0.4, 0.5) is 0 Å². The lowest BCUT2D eigenvalue weighted by atomic mass is 9.48. The van der Waals surface area contributed by atoms with Crippen LogP contribution in [-0.2, 0) is 21.4 Å². The SMILES string of the molecule is CC(=O)Oc1ccc2c3c1O[C@H]1[C@H](N(CC(C)C)C(=O)C=Cc4ccccc4)CC[C@@]4(O)[C@@H](C2)N(C)CC[C@]314. The van der Waals surface area contributed by atoms with Gasteiger partial charge in [0.25, 0.3) is 0 Å². The first kappa shape index (κ1) is 26.1. The van der Waals surface area contributed by atoms with Gasteiger partial charge in [-0.25, -0.2) is 0 Å². The zero-order valence-electron chi connectivity index (χ0n) is 23.2. The molecular formula is C32H38N2O5. The summed E-state index contributed by atoms with van der Waals surface area (Å²) in [6.45, 7) is 7.03. The zero-order chi connectivity index (χ0) is 27.5. The molecule has 1 N–H and O–H groups in total. The highest BCUT2D eigenvalue weighted by atomic mass is 16.6. The predicted molar refractivity (Wildman–Crippen MR) is 149 cm³/mol. The summed E-state index contributed by atoms with van der Waals surface area (Å²) in [6.07, 6.45) is 5.72. The maximum atomic E-state index is 13.8. The average Bonchev–Trinajstić information content (AvgIpc) is 3.25. The molecule has 1 amide bonds. The molecule has 1 saturated heterocycles. The molecule has 4 aliphatic rings. The van der Waals surface area contributed by atoms with Crippen molar-refractivity contribution in [2.45, 2.75) is 75.7 Å². The lowest BCUT2D eigenvalue weighted by Gasteiger charge is -2.64. The van der Waals surface area contributed by atoms with E-state index in [1.54, 1.807) is 6.08 Å². The Morgan fingerprint density at radius 3 is 2.69 bits per heavy atom. The normalized spacial score (nSPS) is 30.7. The minimum absolute atomic E-state index is 0.0384. The molecule has 7 heteroatoms. The number of amides is 1. The largest absolute Gasteiger partial charge is 0.483 e. The Hall–Kier alpha value is -3.16. The van der Waals surface area contributed by atoms with Crippen LogP contribution in [-0.4, -0.2) is 70.7 Å². The molecule has 2 heterocycles. The molecule has 0 radical (unpaired) electrons. The van der Waals surface area contributed by atoms with Gasteiger partial charge in [0.2, 0.25) is 5.91 Å². The highest BCUT2D eigenvalue weighted by molar-refractivity contribution is 5.92. The Balaban J connectivity index is 1.45. The number of piperidine rings is 1. The number of carbonyl (C=O) groups excluding carboxylic acids is 2. The van der Waals surface area contributed by atoms with Crippen LogP contribution in [0.5, 0.6) is 11.5 Å². The molecule has 2 aromatic carbocycles. The molecule has 5 atom stereocenters. The first-order chi connectivity index (χ1) is 18.7. The van der Waals surface area contributed by atoms with Crippen LogP contribution < -0.4 is 9.47 Å². The van der Waals surface area contributed by atoms with Gasteiger partial charge in [0.05, 0.1) is 17.1 Å². The first-order valence-electron chi connectivity index (χ1n) is 14.1. The number of ether oxygens (including phenoxy) is 2. The Bertz CT molecular complexity index is 1320. The van der Waals surface area contributed by atoms with E-state index in [1.165, 1.54) is 6.92 Å². The molecule has 206 valence electrons. The average molecular weight is 531 g/mol. The molecule has 7 nitrogen and oxygen atoms in total. The van der Waals surface area contributed by atoms with E-state index in [1.807, 2.05) is 53.4 Å². The van der Waals surface area contributed by atoms with Gasteiger partial charge < -0.3 is 24.4 Å². The number of benzene rings is 2. The topological polar surface area (TPSA) is 79.3 Å². The number of hydrogen-bond donors (Lipinski definition) is 1.